The van der Waals surface area contributed by atoms with Crippen LogP contribution in [0.1, 0.15) is 34.1 Å². The molecule has 0 saturated carbocycles. The Morgan fingerprint density at radius 2 is 1.63 bits per heavy atom. The highest BCUT2D eigenvalue weighted by Gasteiger charge is 2.17. The molecule has 1 aliphatic rings. The number of amides is 1. The number of Topliss-reactive ketones (excluding diaryl/α,β-unsaturated/α-hetero) is 1. The smallest absolute Gasteiger partial charge is 0.338 e. The van der Waals surface area contributed by atoms with Gasteiger partial charge in [0.2, 0.25) is 5.91 Å². The maximum absolute atomic E-state index is 12.2. The number of ketones is 1. The Morgan fingerprint density at radius 3 is 2.33 bits per heavy atom. The average molecular weight is 369 g/mol. The first-order chi connectivity index (χ1) is 13.1. The van der Waals surface area contributed by atoms with Crippen molar-refractivity contribution in [2.75, 3.05) is 25.1 Å². The van der Waals surface area contributed by atoms with E-state index in [1.807, 2.05) is 0 Å². The molecule has 0 aliphatic carbocycles. The second-order valence-electron chi connectivity index (χ2n) is 5.84. The highest BCUT2D eigenvalue weighted by atomic mass is 16.6. The monoisotopic (exact) mass is 369 g/mol. The zero-order chi connectivity index (χ0) is 19.2. The van der Waals surface area contributed by atoms with E-state index in [0.717, 1.165) is 0 Å². The quantitative estimate of drug-likeness (QED) is 0.622. The molecule has 0 spiro atoms. The molecule has 0 aromatic heterocycles. The van der Waals surface area contributed by atoms with E-state index in [0.29, 0.717) is 42.4 Å². The Labute approximate surface area is 156 Å². The number of carbonyl (C=O) groups excluding carboxylic acids is 3. The fraction of sp³-hybridized carbons (Fsp3) is 0.250. The summed E-state index contributed by atoms with van der Waals surface area (Å²) in [6.45, 7) is 2.25. The van der Waals surface area contributed by atoms with Gasteiger partial charge in [0.15, 0.2) is 23.9 Å². The maximum atomic E-state index is 12.2. The molecular weight excluding hydrogens is 350 g/mol. The number of hydrogen-bond acceptors (Lipinski definition) is 6. The number of rotatable bonds is 6. The summed E-state index contributed by atoms with van der Waals surface area (Å²) in [5, 5.41) is 2.70. The molecule has 140 valence electrons. The van der Waals surface area contributed by atoms with Crippen LogP contribution in [0.5, 0.6) is 11.5 Å². The summed E-state index contributed by atoms with van der Waals surface area (Å²) in [6, 6.07) is 11.1. The van der Waals surface area contributed by atoms with Crippen LogP contribution in [0.3, 0.4) is 0 Å². The molecule has 2 aromatic carbocycles. The minimum absolute atomic E-state index is 0.109. The average Bonchev–Trinajstić information content (AvgIpc) is 2.71. The second kappa shape index (κ2) is 8.35. The standard InChI is InChI=1S/C20H19NO6/c1-2-19(23)21-15-6-3-13(4-7-15)16(22)12-27-20(24)14-5-8-17-18(11-14)26-10-9-25-17/h3-8,11H,2,9-10,12H2,1H3,(H,21,23). The lowest BCUT2D eigenvalue weighted by Gasteiger charge is -2.18. The number of fused-ring (bicyclic) bond motifs is 1. The molecule has 7 nitrogen and oxygen atoms in total. The molecule has 0 unspecified atom stereocenters. The third-order valence-electron chi connectivity index (χ3n) is 3.92. The number of benzene rings is 2. The van der Waals surface area contributed by atoms with Crippen molar-refractivity contribution in [2.45, 2.75) is 13.3 Å². The lowest BCUT2D eigenvalue weighted by molar-refractivity contribution is -0.115. The van der Waals surface area contributed by atoms with E-state index in [1.165, 1.54) is 6.07 Å². The largest absolute Gasteiger partial charge is 0.486 e. The van der Waals surface area contributed by atoms with Crippen molar-refractivity contribution in [1.29, 1.82) is 0 Å². The predicted molar refractivity (Wildman–Crippen MR) is 97.4 cm³/mol. The van der Waals surface area contributed by atoms with Crippen LogP contribution in [-0.4, -0.2) is 37.5 Å². The molecule has 0 fully saturated rings. The molecule has 1 heterocycles. The van der Waals surface area contributed by atoms with Crippen LogP contribution in [0.15, 0.2) is 42.5 Å². The van der Waals surface area contributed by atoms with Crippen molar-refractivity contribution < 1.29 is 28.6 Å². The van der Waals surface area contributed by atoms with Crippen molar-refractivity contribution in [3.8, 4) is 11.5 Å². The first-order valence-corrected chi connectivity index (χ1v) is 8.56. The van der Waals surface area contributed by atoms with Crippen LogP contribution in [0.2, 0.25) is 0 Å². The van der Waals surface area contributed by atoms with Gasteiger partial charge in [-0.15, -0.1) is 0 Å². The number of nitrogens with one attached hydrogen (secondary N) is 1. The molecule has 2 aromatic rings. The predicted octanol–water partition coefficient (Wildman–Crippen LogP) is 2.85. The highest BCUT2D eigenvalue weighted by Crippen LogP contribution is 2.30. The third-order valence-corrected chi connectivity index (χ3v) is 3.92. The second-order valence-corrected chi connectivity index (χ2v) is 5.84. The molecule has 0 bridgehead atoms. The van der Waals surface area contributed by atoms with Crippen molar-refractivity contribution in [3.63, 3.8) is 0 Å². The first kappa shape index (κ1) is 18.4. The summed E-state index contributed by atoms with van der Waals surface area (Å²) >= 11 is 0. The molecule has 0 radical (unpaired) electrons. The first-order valence-electron chi connectivity index (χ1n) is 8.56. The summed E-state index contributed by atoms with van der Waals surface area (Å²) in [4.78, 5) is 35.7. The summed E-state index contributed by atoms with van der Waals surface area (Å²) in [6.07, 6.45) is 0.372. The Kier molecular flexibility index (Phi) is 5.71. The molecule has 1 aliphatic heterocycles. The van der Waals surface area contributed by atoms with E-state index in [2.05, 4.69) is 5.32 Å². The summed E-state index contributed by atoms with van der Waals surface area (Å²) in [5.41, 5.74) is 1.27. The van der Waals surface area contributed by atoms with Crippen LogP contribution < -0.4 is 14.8 Å². The van der Waals surface area contributed by atoms with Gasteiger partial charge in [0.05, 0.1) is 5.56 Å². The molecule has 3 rings (SSSR count). The van der Waals surface area contributed by atoms with Crippen LogP contribution in [-0.2, 0) is 9.53 Å². The molecule has 0 atom stereocenters. The third kappa shape index (κ3) is 4.63. The van der Waals surface area contributed by atoms with E-state index in [1.54, 1.807) is 43.3 Å². The van der Waals surface area contributed by atoms with Crippen molar-refractivity contribution in [3.05, 3.63) is 53.6 Å². The van der Waals surface area contributed by atoms with Gasteiger partial charge < -0.3 is 19.5 Å². The fourth-order valence-electron chi connectivity index (χ4n) is 2.46. The number of carbonyl (C=O) groups is 3. The van der Waals surface area contributed by atoms with Crippen LogP contribution >= 0.6 is 0 Å². The zero-order valence-electron chi connectivity index (χ0n) is 14.8. The summed E-state index contributed by atoms with van der Waals surface area (Å²) < 4.78 is 15.9. The van der Waals surface area contributed by atoms with Crippen molar-refractivity contribution >= 4 is 23.3 Å². The molecule has 27 heavy (non-hydrogen) atoms. The number of hydrogen-bond donors (Lipinski definition) is 1. The Morgan fingerprint density at radius 1 is 0.963 bits per heavy atom. The SMILES string of the molecule is CCC(=O)Nc1ccc(C(=O)COC(=O)c2ccc3c(c2)OCCO3)cc1. The lowest BCUT2D eigenvalue weighted by Crippen LogP contribution is -2.17. The Bertz CT molecular complexity index is 859. The van der Waals surface area contributed by atoms with Crippen molar-refractivity contribution in [1.82, 2.24) is 0 Å². The highest BCUT2D eigenvalue weighted by molar-refractivity contribution is 6.00. The van der Waals surface area contributed by atoms with Gasteiger partial charge in [-0.25, -0.2) is 4.79 Å². The normalized spacial score (nSPS) is 12.2. The number of anilines is 1. The van der Waals surface area contributed by atoms with E-state index in [9.17, 15) is 14.4 Å². The van der Waals surface area contributed by atoms with Gasteiger partial charge in [-0.3, -0.25) is 9.59 Å². The fourth-order valence-corrected chi connectivity index (χ4v) is 2.46. The van der Waals surface area contributed by atoms with E-state index in [-0.39, 0.29) is 23.9 Å². The zero-order valence-corrected chi connectivity index (χ0v) is 14.8. The summed E-state index contributed by atoms with van der Waals surface area (Å²) in [7, 11) is 0. The molecular formula is C20H19NO6. The Hall–Kier alpha value is -3.35. The van der Waals surface area contributed by atoms with Crippen LogP contribution in [0.25, 0.3) is 0 Å². The van der Waals surface area contributed by atoms with Crippen LogP contribution in [0.4, 0.5) is 5.69 Å². The van der Waals surface area contributed by atoms with Crippen molar-refractivity contribution in [2.24, 2.45) is 0 Å². The van der Waals surface area contributed by atoms with Gasteiger partial charge in [0.1, 0.15) is 13.2 Å². The maximum Gasteiger partial charge on any atom is 0.338 e. The minimum Gasteiger partial charge on any atom is -0.486 e. The van der Waals surface area contributed by atoms with Gasteiger partial charge in [0, 0.05) is 17.7 Å². The topological polar surface area (TPSA) is 90.9 Å². The van der Waals surface area contributed by atoms with Gasteiger partial charge in [-0.1, -0.05) is 6.92 Å². The lowest BCUT2D eigenvalue weighted by atomic mass is 10.1. The Balaban J connectivity index is 1.57. The van der Waals surface area contributed by atoms with Crippen LogP contribution in [0, 0.1) is 0 Å². The van der Waals surface area contributed by atoms with Gasteiger partial charge >= 0.3 is 5.97 Å². The summed E-state index contributed by atoms with van der Waals surface area (Å²) in [5.74, 6) is -0.0141. The van der Waals surface area contributed by atoms with E-state index in [4.69, 9.17) is 14.2 Å². The van der Waals surface area contributed by atoms with Gasteiger partial charge in [0.25, 0.3) is 0 Å². The van der Waals surface area contributed by atoms with Gasteiger partial charge in [-0.05, 0) is 42.5 Å². The van der Waals surface area contributed by atoms with E-state index < -0.39 is 5.97 Å². The molecule has 7 heteroatoms. The number of esters is 1. The van der Waals surface area contributed by atoms with Gasteiger partial charge in [-0.2, -0.15) is 0 Å². The van der Waals surface area contributed by atoms with E-state index >= 15 is 0 Å². The molecule has 0 saturated heterocycles. The molecule has 1 amide bonds. The number of ether oxygens (including phenoxy) is 3. The molecule has 1 N–H and O–H groups in total. The minimum atomic E-state index is -0.618.